The molecule has 23 heavy (non-hydrogen) atoms. The molecule has 0 fully saturated rings. The topological polar surface area (TPSA) is 112 Å². The van der Waals surface area contributed by atoms with Crippen LogP contribution in [-0.4, -0.2) is 26.5 Å². The zero-order chi connectivity index (χ0) is 17.4. The molecule has 0 bridgehead atoms. The maximum atomic E-state index is 12.8. The Kier molecular flexibility index (Phi) is 4.16. The minimum atomic E-state index is -4.15. The molecular weight excluding hydrogens is 320 g/mol. The van der Waals surface area contributed by atoms with E-state index < -0.39 is 16.0 Å². The molecule has 0 amide bonds. The lowest BCUT2D eigenvalue weighted by atomic mass is 10.2. The number of nitriles is 1. The van der Waals surface area contributed by atoms with Crippen LogP contribution in [0.3, 0.4) is 0 Å². The normalized spacial score (nSPS) is 11.0. The third kappa shape index (κ3) is 2.78. The van der Waals surface area contributed by atoms with Crippen molar-refractivity contribution in [2.45, 2.75) is 18.7 Å². The smallest absolute Gasteiger partial charge is 0.340 e. The molecule has 0 saturated heterocycles. The molecule has 1 aromatic heterocycles. The molecule has 0 spiro atoms. The van der Waals surface area contributed by atoms with Gasteiger partial charge in [-0.3, -0.25) is 4.31 Å². The summed E-state index contributed by atoms with van der Waals surface area (Å²) in [5.41, 5.74) is 0.160. The summed E-state index contributed by atoms with van der Waals surface area (Å²) in [6, 6.07) is 7.93. The Morgan fingerprint density at radius 2 is 1.96 bits per heavy atom. The van der Waals surface area contributed by atoms with Crippen molar-refractivity contribution in [3.8, 4) is 6.07 Å². The lowest BCUT2D eigenvalue weighted by Crippen LogP contribution is -2.28. The molecular formula is C15H14N2O5S. The van der Waals surface area contributed by atoms with Gasteiger partial charge in [0, 0.05) is 7.05 Å². The number of benzene rings is 1. The quantitative estimate of drug-likeness (QED) is 0.918. The van der Waals surface area contributed by atoms with Crippen molar-refractivity contribution < 1.29 is 22.7 Å². The average molecular weight is 334 g/mol. The Morgan fingerprint density at radius 1 is 1.30 bits per heavy atom. The first-order chi connectivity index (χ1) is 10.7. The van der Waals surface area contributed by atoms with Crippen LogP contribution in [0, 0.1) is 25.2 Å². The van der Waals surface area contributed by atoms with Crippen LogP contribution < -0.4 is 4.31 Å². The van der Waals surface area contributed by atoms with Crippen molar-refractivity contribution >= 4 is 21.7 Å². The molecule has 0 atom stereocenters. The van der Waals surface area contributed by atoms with Gasteiger partial charge < -0.3 is 9.52 Å². The fraction of sp³-hybridized carbons (Fsp3) is 0.200. The predicted octanol–water partition coefficient (Wildman–Crippen LogP) is 2.29. The number of carbonyl (C=O) groups is 1. The zero-order valence-electron chi connectivity index (χ0n) is 12.7. The van der Waals surface area contributed by atoms with E-state index in [9.17, 15) is 18.3 Å². The summed E-state index contributed by atoms with van der Waals surface area (Å²) in [5, 5.41) is 18.2. The SMILES string of the molecule is Cc1oc(C)c(S(=O)(=O)N(C)c2cccc(C#N)c2)c1C(=O)O. The van der Waals surface area contributed by atoms with Crippen LogP contribution in [0.15, 0.2) is 33.6 Å². The van der Waals surface area contributed by atoms with Crippen molar-refractivity contribution in [1.29, 1.82) is 5.26 Å². The molecule has 0 radical (unpaired) electrons. The summed E-state index contributed by atoms with van der Waals surface area (Å²) in [4.78, 5) is 11.0. The number of nitrogens with zero attached hydrogens (tertiary/aromatic N) is 2. The Bertz CT molecular complexity index is 922. The molecule has 0 aliphatic carbocycles. The fourth-order valence-electron chi connectivity index (χ4n) is 2.27. The molecule has 0 saturated carbocycles. The number of furan rings is 1. The van der Waals surface area contributed by atoms with Crippen molar-refractivity contribution in [3.05, 3.63) is 46.9 Å². The standard InChI is InChI=1S/C15H14N2O5S/c1-9-13(15(18)19)14(10(2)22-9)23(20,21)17(3)12-6-4-5-11(7-12)8-16/h4-7H,1-3H3,(H,18,19). The Hall–Kier alpha value is -2.79. The maximum absolute atomic E-state index is 12.8. The van der Waals surface area contributed by atoms with Crippen LogP contribution >= 0.6 is 0 Å². The lowest BCUT2D eigenvalue weighted by molar-refractivity contribution is 0.0691. The molecule has 0 aliphatic heterocycles. The molecule has 7 nitrogen and oxygen atoms in total. The summed E-state index contributed by atoms with van der Waals surface area (Å²) in [6.45, 7) is 2.79. The molecule has 2 rings (SSSR count). The number of anilines is 1. The third-order valence-corrected chi connectivity index (χ3v) is 5.32. The number of sulfonamides is 1. The molecule has 1 N–H and O–H groups in total. The van der Waals surface area contributed by atoms with Gasteiger partial charge in [0.1, 0.15) is 22.0 Å². The highest BCUT2D eigenvalue weighted by atomic mass is 32.2. The van der Waals surface area contributed by atoms with E-state index >= 15 is 0 Å². The van der Waals surface area contributed by atoms with Crippen molar-refractivity contribution in [3.63, 3.8) is 0 Å². The van der Waals surface area contributed by atoms with Crippen LogP contribution in [0.1, 0.15) is 27.4 Å². The summed E-state index contributed by atoms with van der Waals surface area (Å²) < 4.78 is 31.7. The first kappa shape index (κ1) is 16.6. The Balaban J connectivity index is 2.63. The lowest BCUT2D eigenvalue weighted by Gasteiger charge is -2.19. The minimum Gasteiger partial charge on any atom is -0.478 e. The largest absolute Gasteiger partial charge is 0.478 e. The van der Waals surface area contributed by atoms with Crippen molar-refractivity contribution in [1.82, 2.24) is 0 Å². The van der Waals surface area contributed by atoms with Crippen molar-refractivity contribution in [2.75, 3.05) is 11.4 Å². The van der Waals surface area contributed by atoms with Crippen LogP contribution in [0.5, 0.6) is 0 Å². The highest BCUT2D eigenvalue weighted by molar-refractivity contribution is 7.93. The highest BCUT2D eigenvalue weighted by Gasteiger charge is 2.34. The number of carboxylic acid groups (broad SMARTS) is 1. The first-order valence-electron chi connectivity index (χ1n) is 6.52. The van der Waals surface area contributed by atoms with E-state index in [4.69, 9.17) is 9.68 Å². The molecule has 2 aromatic rings. The van der Waals surface area contributed by atoms with E-state index in [1.807, 2.05) is 6.07 Å². The van der Waals surface area contributed by atoms with Gasteiger partial charge in [0.25, 0.3) is 10.0 Å². The van der Waals surface area contributed by atoms with E-state index in [-0.39, 0.29) is 27.7 Å². The third-order valence-electron chi connectivity index (χ3n) is 3.38. The van der Waals surface area contributed by atoms with Gasteiger partial charge >= 0.3 is 5.97 Å². The Morgan fingerprint density at radius 3 is 2.52 bits per heavy atom. The van der Waals surface area contributed by atoms with Crippen molar-refractivity contribution in [2.24, 2.45) is 0 Å². The number of aromatic carboxylic acids is 1. The first-order valence-corrected chi connectivity index (χ1v) is 7.96. The van der Waals surface area contributed by atoms with Gasteiger partial charge in [0.2, 0.25) is 0 Å². The van der Waals surface area contributed by atoms with Crippen LogP contribution in [0.4, 0.5) is 5.69 Å². The number of hydrogen-bond donors (Lipinski definition) is 1. The van der Waals surface area contributed by atoms with E-state index in [1.54, 1.807) is 12.1 Å². The number of hydrogen-bond acceptors (Lipinski definition) is 5. The van der Waals surface area contributed by atoms with Gasteiger partial charge in [0.05, 0.1) is 17.3 Å². The second-order valence-corrected chi connectivity index (χ2v) is 6.76. The van der Waals surface area contributed by atoms with Gasteiger partial charge in [-0.05, 0) is 32.0 Å². The molecule has 0 unspecified atom stereocenters. The predicted molar refractivity (Wildman–Crippen MR) is 81.9 cm³/mol. The monoisotopic (exact) mass is 334 g/mol. The van der Waals surface area contributed by atoms with Crippen LogP contribution in [-0.2, 0) is 10.0 Å². The Labute approximate surface area is 133 Å². The van der Waals surface area contributed by atoms with E-state index in [2.05, 4.69) is 0 Å². The molecule has 8 heteroatoms. The number of aryl methyl sites for hydroxylation is 2. The van der Waals surface area contributed by atoms with Gasteiger partial charge in [0.15, 0.2) is 0 Å². The summed E-state index contributed by atoms with van der Waals surface area (Å²) in [6.07, 6.45) is 0. The van der Waals surface area contributed by atoms with Crippen LogP contribution in [0.25, 0.3) is 0 Å². The minimum absolute atomic E-state index is 0.00295. The second kappa shape index (κ2) is 5.78. The molecule has 120 valence electrons. The van der Waals surface area contributed by atoms with Gasteiger partial charge in [-0.25, -0.2) is 13.2 Å². The van der Waals surface area contributed by atoms with Gasteiger partial charge in [-0.1, -0.05) is 6.07 Å². The maximum Gasteiger partial charge on any atom is 0.340 e. The van der Waals surface area contributed by atoms with E-state index in [1.165, 1.54) is 33.0 Å². The number of carboxylic acids is 1. The average Bonchev–Trinajstić information content (AvgIpc) is 2.81. The number of rotatable bonds is 4. The molecule has 1 heterocycles. The van der Waals surface area contributed by atoms with Crippen LogP contribution in [0.2, 0.25) is 0 Å². The molecule has 0 aliphatic rings. The summed E-state index contributed by atoms with van der Waals surface area (Å²) in [7, 11) is -2.86. The highest BCUT2D eigenvalue weighted by Crippen LogP contribution is 2.31. The van der Waals surface area contributed by atoms with Gasteiger partial charge in [-0.15, -0.1) is 0 Å². The summed E-state index contributed by atoms with van der Waals surface area (Å²) >= 11 is 0. The van der Waals surface area contributed by atoms with Gasteiger partial charge in [-0.2, -0.15) is 5.26 Å². The molecule has 1 aromatic carbocycles. The zero-order valence-corrected chi connectivity index (χ0v) is 13.5. The summed E-state index contributed by atoms with van der Waals surface area (Å²) in [5.74, 6) is -1.35. The second-order valence-electron chi connectivity index (χ2n) is 4.86. The fourth-order valence-corrected chi connectivity index (χ4v) is 3.83. The van der Waals surface area contributed by atoms with E-state index in [0.29, 0.717) is 5.56 Å². The van der Waals surface area contributed by atoms with E-state index in [0.717, 1.165) is 4.31 Å².